The average molecular weight is 475 g/mol. The van der Waals surface area contributed by atoms with E-state index in [0.717, 1.165) is 24.3 Å². The first-order chi connectivity index (χ1) is 16.2. The number of methoxy groups -OCH3 is 1. The molecule has 0 aliphatic carbocycles. The van der Waals surface area contributed by atoms with Crippen molar-refractivity contribution >= 4 is 27.6 Å². The molecule has 2 aromatic carbocycles. The van der Waals surface area contributed by atoms with Crippen LogP contribution in [-0.4, -0.2) is 41.5 Å². The molecule has 176 valence electrons. The molecule has 1 unspecified atom stereocenters. The van der Waals surface area contributed by atoms with E-state index in [1.807, 2.05) is 0 Å². The van der Waals surface area contributed by atoms with Crippen molar-refractivity contribution in [3.63, 3.8) is 0 Å². The lowest BCUT2D eigenvalue weighted by Gasteiger charge is -2.36. The number of fused-ring (bicyclic) bond motifs is 4. The van der Waals surface area contributed by atoms with Crippen LogP contribution in [0.1, 0.15) is 34.1 Å². The number of likely N-dealkylation sites (N-methyl/N-ethyl adjacent to an activating group) is 1. The van der Waals surface area contributed by atoms with E-state index in [1.165, 1.54) is 25.1 Å². The lowest BCUT2D eigenvalue weighted by Crippen LogP contribution is -2.39. The van der Waals surface area contributed by atoms with Crippen molar-refractivity contribution in [2.45, 2.75) is 12.3 Å². The zero-order valence-electron chi connectivity index (χ0n) is 17.8. The second-order valence-electron chi connectivity index (χ2n) is 7.96. The zero-order chi connectivity index (χ0) is 24.3. The van der Waals surface area contributed by atoms with Crippen molar-refractivity contribution in [3.8, 4) is 0 Å². The number of H-pyrrole nitrogens is 2. The number of carbonyl (C=O) groups excluding carboxylic acids is 1. The van der Waals surface area contributed by atoms with Gasteiger partial charge in [0, 0.05) is 36.7 Å². The molecule has 2 N–H and O–H groups in total. The molecular weight excluding hydrogens is 458 g/mol. The number of aromatic amines is 2. The molecule has 3 heterocycles. The van der Waals surface area contributed by atoms with Crippen molar-refractivity contribution in [1.82, 2.24) is 14.9 Å². The molecule has 1 aliphatic rings. The van der Waals surface area contributed by atoms with Crippen LogP contribution in [0.15, 0.2) is 35.1 Å². The molecule has 34 heavy (non-hydrogen) atoms. The molecule has 2 aromatic heterocycles. The Labute approximate surface area is 188 Å². The van der Waals surface area contributed by atoms with Crippen LogP contribution in [0.2, 0.25) is 0 Å². The number of ether oxygens (including phenoxy) is 2. The first kappa shape index (κ1) is 22.1. The minimum Gasteiger partial charge on any atom is -0.350 e. The number of hydrogen-bond donors (Lipinski definition) is 2. The van der Waals surface area contributed by atoms with Gasteiger partial charge >= 0.3 is 0 Å². The van der Waals surface area contributed by atoms with Crippen molar-refractivity contribution in [2.75, 3.05) is 20.8 Å². The highest BCUT2D eigenvalue weighted by molar-refractivity contribution is 5.98. The van der Waals surface area contributed by atoms with Crippen LogP contribution in [0.4, 0.5) is 17.6 Å². The number of amides is 1. The summed E-state index contributed by atoms with van der Waals surface area (Å²) in [4.78, 5) is 32.5. The third-order valence-electron chi connectivity index (χ3n) is 6.00. The Hall–Kier alpha value is -3.70. The van der Waals surface area contributed by atoms with Crippen molar-refractivity contribution in [2.24, 2.45) is 0 Å². The fourth-order valence-corrected chi connectivity index (χ4v) is 4.31. The average Bonchev–Trinajstić information content (AvgIpc) is 3.21. The predicted molar refractivity (Wildman–Crippen MR) is 113 cm³/mol. The van der Waals surface area contributed by atoms with E-state index in [-0.39, 0.29) is 34.3 Å². The standard InChI is InChI=1S/C23H17F4N3O4/c1-30(22(32)17-4-9-3-12(24)15(27)7-16(9)28-17)18-8-34-23(33-2)20-19(18)10-5-13(25)14(26)6-11(10)21(31)29-20/h3-7,18,23,28H,8H2,1-2H3,(H,29,31)/t18-,23?/m1/s1. The minimum atomic E-state index is -1.19. The fraction of sp³-hybridized carbons (Fsp3) is 0.217. The molecule has 7 nitrogen and oxygen atoms in total. The molecule has 2 atom stereocenters. The molecule has 0 spiro atoms. The van der Waals surface area contributed by atoms with Gasteiger partial charge in [0.15, 0.2) is 29.6 Å². The summed E-state index contributed by atoms with van der Waals surface area (Å²) in [6.45, 7) is -0.0859. The Morgan fingerprint density at radius 2 is 1.65 bits per heavy atom. The molecule has 0 saturated carbocycles. The van der Waals surface area contributed by atoms with Gasteiger partial charge in [0.2, 0.25) is 0 Å². The van der Waals surface area contributed by atoms with Crippen LogP contribution in [-0.2, 0) is 9.47 Å². The van der Waals surface area contributed by atoms with Crippen LogP contribution in [0.25, 0.3) is 21.7 Å². The maximum absolute atomic E-state index is 14.2. The Bertz CT molecular complexity index is 1490. The van der Waals surface area contributed by atoms with Gasteiger partial charge in [-0.15, -0.1) is 0 Å². The van der Waals surface area contributed by atoms with E-state index >= 15 is 0 Å². The molecule has 0 saturated heterocycles. The van der Waals surface area contributed by atoms with Crippen LogP contribution in [0.3, 0.4) is 0 Å². The lowest BCUT2D eigenvalue weighted by molar-refractivity contribution is -0.150. The number of nitrogens with one attached hydrogen (secondary N) is 2. The van der Waals surface area contributed by atoms with E-state index in [1.54, 1.807) is 0 Å². The number of rotatable bonds is 3. The Morgan fingerprint density at radius 3 is 2.35 bits per heavy atom. The minimum absolute atomic E-state index is 0.0453. The number of hydrogen-bond acceptors (Lipinski definition) is 4. The van der Waals surface area contributed by atoms with Gasteiger partial charge in [-0.1, -0.05) is 0 Å². The molecule has 5 rings (SSSR count). The lowest BCUT2D eigenvalue weighted by atomic mass is 9.94. The van der Waals surface area contributed by atoms with Crippen LogP contribution in [0.5, 0.6) is 0 Å². The van der Waals surface area contributed by atoms with Crippen LogP contribution >= 0.6 is 0 Å². The van der Waals surface area contributed by atoms with Gasteiger partial charge in [-0.2, -0.15) is 0 Å². The summed E-state index contributed by atoms with van der Waals surface area (Å²) in [6.07, 6.45) is -1.00. The Morgan fingerprint density at radius 1 is 1.00 bits per heavy atom. The maximum Gasteiger partial charge on any atom is 0.270 e. The smallest absolute Gasteiger partial charge is 0.270 e. The highest BCUT2D eigenvalue weighted by Gasteiger charge is 2.36. The third kappa shape index (κ3) is 3.35. The number of carbonyl (C=O) groups is 1. The SMILES string of the molecule is COC1OC[C@@H](N(C)C(=O)c2cc3cc(F)c(F)cc3[nH]2)c2c1[nH]c(=O)c1cc(F)c(F)cc21. The summed E-state index contributed by atoms with van der Waals surface area (Å²) < 4.78 is 66.1. The quantitative estimate of drug-likeness (QED) is 0.438. The highest BCUT2D eigenvalue weighted by atomic mass is 19.2. The first-order valence-electron chi connectivity index (χ1n) is 10.1. The summed E-state index contributed by atoms with van der Waals surface area (Å²) >= 11 is 0. The van der Waals surface area contributed by atoms with Gasteiger partial charge in [0.1, 0.15) is 5.69 Å². The molecule has 1 aliphatic heterocycles. The van der Waals surface area contributed by atoms with Gasteiger partial charge < -0.3 is 24.3 Å². The predicted octanol–water partition coefficient (Wildman–Crippen LogP) is 4.05. The summed E-state index contributed by atoms with van der Waals surface area (Å²) in [5.41, 5.74) is 0.0949. The van der Waals surface area contributed by atoms with Crippen LogP contribution in [0, 0.1) is 23.3 Å². The molecule has 0 bridgehead atoms. The topological polar surface area (TPSA) is 87.4 Å². The Balaban J connectivity index is 1.64. The van der Waals surface area contributed by atoms with Crippen LogP contribution < -0.4 is 5.56 Å². The normalized spacial score (nSPS) is 17.8. The van der Waals surface area contributed by atoms with E-state index < -0.39 is 47.1 Å². The van der Waals surface area contributed by atoms with Crippen molar-refractivity contribution in [1.29, 1.82) is 0 Å². The number of aromatic nitrogens is 2. The van der Waals surface area contributed by atoms with Gasteiger partial charge in [-0.25, -0.2) is 17.6 Å². The maximum atomic E-state index is 14.2. The monoisotopic (exact) mass is 475 g/mol. The molecule has 0 fully saturated rings. The van der Waals surface area contributed by atoms with Gasteiger partial charge in [-0.3, -0.25) is 9.59 Å². The van der Waals surface area contributed by atoms with Gasteiger partial charge in [0.25, 0.3) is 11.5 Å². The summed E-state index contributed by atoms with van der Waals surface area (Å²) in [6, 6.07) is 4.14. The number of halogens is 4. The highest BCUT2D eigenvalue weighted by Crippen LogP contribution is 2.39. The second-order valence-corrected chi connectivity index (χ2v) is 7.96. The summed E-state index contributed by atoms with van der Waals surface area (Å²) in [7, 11) is 2.80. The first-order valence-corrected chi connectivity index (χ1v) is 10.1. The summed E-state index contributed by atoms with van der Waals surface area (Å²) in [5, 5.41) is 0.299. The largest absolute Gasteiger partial charge is 0.350 e. The van der Waals surface area contributed by atoms with E-state index in [9.17, 15) is 27.2 Å². The van der Waals surface area contributed by atoms with Gasteiger partial charge in [0.05, 0.1) is 23.7 Å². The zero-order valence-corrected chi connectivity index (χ0v) is 17.8. The second kappa shape index (κ2) is 7.96. The number of benzene rings is 2. The summed E-state index contributed by atoms with van der Waals surface area (Å²) in [5.74, 6) is -5.02. The number of pyridine rings is 1. The molecule has 0 radical (unpaired) electrons. The van der Waals surface area contributed by atoms with E-state index in [0.29, 0.717) is 10.9 Å². The molecule has 4 aromatic rings. The molecule has 1 amide bonds. The van der Waals surface area contributed by atoms with E-state index in [2.05, 4.69) is 9.97 Å². The number of nitrogens with zero attached hydrogens (tertiary/aromatic N) is 1. The van der Waals surface area contributed by atoms with Crippen molar-refractivity contribution < 1.29 is 31.8 Å². The van der Waals surface area contributed by atoms with Crippen molar-refractivity contribution in [3.05, 3.63) is 80.9 Å². The Kier molecular flexibility index (Phi) is 5.18. The van der Waals surface area contributed by atoms with E-state index in [4.69, 9.17) is 9.47 Å². The molecule has 11 heteroatoms. The fourth-order valence-electron chi connectivity index (χ4n) is 4.31. The third-order valence-corrected chi connectivity index (χ3v) is 6.00. The molecular formula is C23H17F4N3O4. The van der Waals surface area contributed by atoms with Gasteiger partial charge in [-0.05, 0) is 29.7 Å².